The number of hydrogen-bond donors (Lipinski definition) is 0. The van der Waals surface area contributed by atoms with Gasteiger partial charge in [-0.1, -0.05) is 190 Å². The highest BCUT2D eigenvalue weighted by molar-refractivity contribution is 7.29. The van der Waals surface area contributed by atoms with E-state index >= 15 is 0 Å². The molecule has 6 aromatic rings. The van der Waals surface area contributed by atoms with E-state index in [1.54, 1.807) is 0 Å². The average molecular weight is 819 g/mol. The van der Waals surface area contributed by atoms with Crippen LogP contribution in [0.4, 0.5) is 0 Å². The molecule has 0 bridgehead atoms. The van der Waals surface area contributed by atoms with Crippen LogP contribution in [-0.4, -0.2) is 0 Å². The lowest BCUT2D eigenvalue weighted by molar-refractivity contribution is 0.556. The quantitative estimate of drug-likeness (QED) is 0.0454. The van der Waals surface area contributed by atoms with Gasteiger partial charge in [0.1, 0.15) is 0 Å². The van der Waals surface area contributed by atoms with E-state index in [1.165, 1.54) is 203 Å². The Labute approximate surface area is 356 Å². The van der Waals surface area contributed by atoms with E-state index in [-0.39, 0.29) is 0 Å². The van der Waals surface area contributed by atoms with Gasteiger partial charge in [-0.25, -0.2) is 0 Å². The standard InChI is InChI=1S/C52H66S4/c1-3-5-7-9-11-13-15-17-19-23-33-43-39-49(41-29-25-21-26-30-41)55-51(43)47-37-35-45(53-47)46-36-38-48(54-46)52-44(40-50(56-52)42-31-27-22-28-32-42)34-24-20-18-16-14-12-10-8-6-4-2/h21-22,25-32,35-40H,3-20,23-24,33-34H2,1-2H3. The molecule has 4 heterocycles. The number of rotatable bonds is 27. The smallest absolute Gasteiger partial charge is 0.0481 e. The highest BCUT2D eigenvalue weighted by Crippen LogP contribution is 2.47. The zero-order valence-corrected chi connectivity index (χ0v) is 37.7. The Morgan fingerprint density at radius 1 is 0.304 bits per heavy atom. The van der Waals surface area contributed by atoms with Crippen molar-refractivity contribution in [2.45, 2.75) is 155 Å². The molecule has 0 unspecified atom stereocenters. The van der Waals surface area contributed by atoms with Crippen LogP contribution in [-0.2, 0) is 12.8 Å². The predicted molar refractivity (Wildman–Crippen MR) is 256 cm³/mol. The summed E-state index contributed by atoms with van der Waals surface area (Å²) >= 11 is 7.96. The molecule has 0 radical (unpaired) electrons. The third kappa shape index (κ3) is 13.1. The Hall–Kier alpha value is -2.76. The van der Waals surface area contributed by atoms with Gasteiger partial charge in [-0.3, -0.25) is 0 Å². The second kappa shape index (κ2) is 24.2. The molecule has 56 heavy (non-hydrogen) atoms. The minimum absolute atomic E-state index is 1.18. The maximum Gasteiger partial charge on any atom is 0.0481 e. The van der Waals surface area contributed by atoms with Gasteiger partial charge < -0.3 is 0 Å². The molecule has 0 spiro atoms. The molecule has 0 aliphatic rings. The van der Waals surface area contributed by atoms with Crippen molar-refractivity contribution in [3.05, 3.63) is 108 Å². The van der Waals surface area contributed by atoms with Gasteiger partial charge in [-0.2, -0.15) is 0 Å². The van der Waals surface area contributed by atoms with Crippen molar-refractivity contribution in [1.29, 1.82) is 0 Å². The van der Waals surface area contributed by atoms with Gasteiger partial charge in [0, 0.05) is 39.0 Å². The SMILES string of the molecule is CCCCCCCCCCCCc1cc(-c2ccccc2)sc1-c1ccc(-c2ccc(-c3sc(-c4ccccc4)cc3CCCCCCCCCCCC)s2)s1. The maximum atomic E-state index is 2.50. The molecule has 4 heteroatoms. The van der Waals surface area contributed by atoms with Crippen LogP contribution in [0.25, 0.3) is 50.1 Å². The fourth-order valence-electron chi connectivity index (χ4n) is 7.93. The third-order valence-electron chi connectivity index (χ3n) is 11.2. The van der Waals surface area contributed by atoms with Gasteiger partial charge in [0.2, 0.25) is 0 Å². The van der Waals surface area contributed by atoms with Crippen LogP contribution in [0, 0.1) is 0 Å². The fraction of sp³-hybridized carbons (Fsp3) is 0.462. The predicted octanol–water partition coefficient (Wildman–Crippen LogP) is 19.2. The minimum Gasteiger partial charge on any atom is -0.134 e. The van der Waals surface area contributed by atoms with Gasteiger partial charge in [0.15, 0.2) is 0 Å². The zero-order valence-electron chi connectivity index (χ0n) is 34.4. The Morgan fingerprint density at radius 3 is 0.982 bits per heavy atom. The summed E-state index contributed by atoms with van der Waals surface area (Å²) in [6.45, 7) is 4.61. The van der Waals surface area contributed by atoms with Crippen LogP contribution >= 0.6 is 45.3 Å². The Morgan fingerprint density at radius 2 is 0.625 bits per heavy atom. The summed E-state index contributed by atoms with van der Waals surface area (Å²) in [5.41, 5.74) is 5.76. The summed E-state index contributed by atoms with van der Waals surface area (Å²) in [5.74, 6) is 0. The normalized spacial score (nSPS) is 11.5. The summed E-state index contributed by atoms with van der Waals surface area (Å²) in [7, 11) is 0. The van der Waals surface area contributed by atoms with Crippen molar-refractivity contribution in [2.75, 3.05) is 0 Å². The molecule has 0 aliphatic heterocycles. The van der Waals surface area contributed by atoms with Crippen LogP contribution < -0.4 is 0 Å². The Balaban J connectivity index is 1.11. The first kappa shape index (κ1) is 42.8. The second-order valence-corrected chi connectivity index (χ2v) is 20.1. The second-order valence-electron chi connectivity index (χ2n) is 15.9. The number of unbranched alkanes of at least 4 members (excludes halogenated alkanes) is 18. The van der Waals surface area contributed by atoms with Gasteiger partial charge >= 0.3 is 0 Å². The van der Waals surface area contributed by atoms with Crippen LogP contribution in [0.3, 0.4) is 0 Å². The molecule has 0 N–H and O–H groups in total. The number of hydrogen-bond acceptors (Lipinski definition) is 4. The van der Waals surface area contributed by atoms with Crippen molar-refractivity contribution < 1.29 is 0 Å². The van der Waals surface area contributed by atoms with E-state index in [4.69, 9.17) is 0 Å². The highest BCUT2D eigenvalue weighted by Gasteiger charge is 2.18. The molecule has 0 amide bonds. The molecule has 2 aromatic carbocycles. The van der Waals surface area contributed by atoms with Crippen molar-refractivity contribution in [3.8, 4) is 50.1 Å². The largest absolute Gasteiger partial charge is 0.134 e. The summed E-state index contributed by atoms with van der Waals surface area (Å²) in [4.78, 5) is 11.4. The van der Waals surface area contributed by atoms with Gasteiger partial charge in [0.05, 0.1) is 0 Å². The molecule has 0 atom stereocenters. The molecule has 0 saturated carbocycles. The molecule has 4 aromatic heterocycles. The highest BCUT2D eigenvalue weighted by atomic mass is 32.1. The van der Waals surface area contributed by atoms with Crippen molar-refractivity contribution in [3.63, 3.8) is 0 Å². The molecular weight excluding hydrogens is 753 g/mol. The van der Waals surface area contributed by atoms with Crippen LogP contribution in [0.1, 0.15) is 153 Å². The summed E-state index contributed by atoms with van der Waals surface area (Å²) in [6.07, 6.45) is 30.0. The zero-order chi connectivity index (χ0) is 38.6. The molecule has 0 fully saturated rings. The first-order valence-electron chi connectivity index (χ1n) is 22.3. The topological polar surface area (TPSA) is 0 Å². The van der Waals surface area contributed by atoms with Crippen molar-refractivity contribution >= 4 is 45.3 Å². The lowest BCUT2D eigenvalue weighted by Gasteiger charge is -2.04. The van der Waals surface area contributed by atoms with E-state index in [9.17, 15) is 0 Å². The first-order valence-corrected chi connectivity index (χ1v) is 25.6. The molecule has 0 saturated heterocycles. The van der Waals surface area contributed by atoms with Crippen LogP contribution in [0.15, 0.2) is 97.1 Å². The third-order valence-corrected chi connectivity index (χ3v) is 16.4. The molecule has 298 valence electrons. The monoisotopic (exact) mass is 818 g/mol. The lowest BCUT2D eigenvalue weighted by Crippen LogP contribution is -1.86. The van der Waals surface area contributed by atoms with Gasteiger partial charge in [-0.15, -0.1) is 45.3 Å². The summed E-state index contributed by atoms with van der Waals surface area (Å²) in [5, 5.41) is 0. The summed E-state index contributed by atoms with van der Waals surface area (Å²) < 4.78 is 0. The maximum absolute atomic E-state index is 2.50. The average Bonchev–Trinajstić information content (AvgIpc) is 4.06. The van der Waals surface area contributed by atoms with Gasteiger partial charge in [0.25, 0.3) is 0 Å². The molecule has 0 nitrogen and oxygen atoms in total. The van der Waals surface area contributed by atoms with Crippen molar-refractivity contribution in [1.82, 2.24) is 0 Å². The van der Waals surface area contributed by atoms with E-state index in [1.807, 2.05) is 45.3 Å². The van der Waals surface area contributed by atoms with Crippen LogP contribution in [0.5, 0.6) is 0 Å². The minimum atomic E-state index is 1.18. The molecule has 6 rings (SSSR count). The Bertz CT molecular complexity index is 1790. The summed E-state index contributed by atoms with van der Waals surface area (Å²) in [6, 6.07) is 36.6. The van der Waals surface area contributed by atoms with E-state index < -0.39 is 0 Å². The number of thiophene rings is 4. The number of benzene rings is 2. The van der Waals surface area contributed by atoms with Gasteiger partial charge in [-0.05, 0) is 84.3 Å². The van der Waals surface area contributed by atoms with Crippen LogP contribution in [0.2, 0.25) is 0 Å². The first-order chi connectivity index (χ1) is 27.7. The van der Waals surface area contributed by atoms with Crippen molar-refractivity contribution in [2.24, 2.45) is 0 Å². The lowest BCUT2D eigenvalue weighted by atomic mass is 10.0. The van der Waals surface area contributed by atoms with E-state index in [2.05, 4.69) is 111 Å². The molecule has 0 aliphatic carbocycles. The Kier molecular flexibility index (Phi) is 18.5. The number of aryl methyl sites for hydroxylation is 2. The fourth-order valence-corrected chi connectivity index (χ4v) is 12.8. The molecular formula is C52H66S4. The van der Waals surface area contributed by atoms with E-state index in [0.29, 0.717) is 0 Å². The van der Waals surface area contributed by atoms with E-state index in [0.717, 1.165) is 0 Å².